The number of rotatable bonds is 4. The summed E-state index contributed by atoms with van der Waals surface area (Å²) >= 11 is 6.00. The number of imidazole rings is 1. The molecule has 0 atom stereocenters. The Balaban J connectivity index is 2.17. The number of halogens is 1. The fraction of sp³-hybridized carbons (Fsp3) is 0.385. The molecule has 0 aliphatic rings. The maximum Gasteiger partial charge on any atom is 0.159 e. The summed E-state index contributed by atoms with van der Waals surface area (Å²) in [6, 6.07) is 3.82. The normalized spacial score (nSPS) is 11.5. The van der Waals surface area contributed by atoms with Gasteiger partial charge in [0.05, 0.1) is 24.4 Å². The molecule has 0 aliphatic carbocycles. The van der Waals surface area contributed by atoms with Gasteiger partial charge in [-0.1, -0.05) is 6.92 Å². The fourth-order valence-corrected chi connectivity index (χ4v) is 2.56. The van der Waals surface area contributed by atoms with Gasteiger partial charge in [0.25, 0.3) is 0 Å². The van der Waals surface area contributed by atoms with Crippen molar-refractivity contribution in [3.05, 3.63) is 35.7 Å². The minimum atomic E-state index is 0.374. The van der Waals surface area contributed by atoms with Crippen LogP contribution in [0.3, 0.4) is 0 Å². The van der Waals surface area contributed by atoms with Crippen LogP contribution in [0.5, 0.6) is 0 Å². The third kappa shape index (κ3) is 1.94. The van der Waals surface area contributed by atoms with Gasteiger partial charge in [0.15, 0.2) is 5.65 Å². The van der Waals surface area contributed by atoms with Gasteiger partial charge in [-0.3, -0.25) is 4.68 Å². The molecule has 0 aromatic carbocycles. The largest absolute Gasteiger partial charge is 0.467 e. The summed E-state index contributed by atoms with van der Waals surface area (Å²) in [7, 11) is 1.93. The van der Waals surface area contributed by atoms with E-state index in [9.17, 15) is 0 Å². The number of aromatic nitrogens is 4. The zero-order chi connectivity index (χ0) is 13.4. The lowest BCUT2D eigenvalue weighted by molar-refractivity contribution is 0.491. The summed E-state index contributed by atoms with van der Waals surface area (Å²) in [5.41, 5.74) is 2.93. The predicted molar refractivity (Wildman–Crippen MR) is 73.2 cm³/mol. The number of aryl methyl sites for hydroxylation is 2. The van der Waals surface area contributed by atoms with Crippen LogP contribution in [-0.4, -0.2) is 19.3 Å². The number of fused-ring (bicyclic) bond motifs is 1. The highest BCUT2D eigenvalue weighted by Gasteiger charge is 2.18. The van der Waals surface area contributed by atoms with Gasteiger partial charge < -0.3 is 8.98 Å². The summed E-state index contributed by atoms with van der Waals surface area (Å²) < 4.78 is 9.33. The second kappa shape index (κ2) is 4.74. The smallest absolute Gasteiger partial charge is 0.159 e. The highest BCUT2D eigenvalue weighted by molar-refractivity contribution is 6.16. The molecular formula is C13H15ClN4O. The number of furan rings is 1. The van der Waals surface area contributed by atoms with Crippen molar-refractivity contribution in [2.24, 2.45) is 7.05 Å². The summed E-state index contributed by atoms with van der Waals surface area (Å²) in [6.45, 7) is 2.70. The molecule has 6 heteroatoms. The first-order chi connectivity index (χ1) is 9.24. The highest BCUT2D eigenvalue weighted by atomic mass is 35.5. The first-order valence-corrected chi connectivity index (χ1v) is 6.77. The van der Waals surface area contributed by atoms with E-state index in [2.05, 4.69) is 21.6 Å². The van der Waals surface area contributed by atoms with Gasteiger partial charge in [0.1, 0.15) is 17.1 Å². The molecule has 3 aromatic rings. The van der Waals surface area contributed by atoms with E-state index in [4.69, 9.17) is 16.0 Å². The van der Waals surface area contributed by atoms with E-state index in [0.29, 0.717) is 12.4 Å². The van der Waals surface area contributed by atoms with Gasteiger partial charge in [0, 0.05) is 7.05 Å². The molecule has 100 valence electrons. The average molecular weight is 279 g/mol. The van der Waals surface area contributed by atoms with Crippen LogP contribution in [0, 0.1) is 0 Å². The second-order valence-electron chi connectivity index (χ2n) is 4.42. The fourth-order valence-electron chi connectivity index (χ4n) is 2.35. The molecule has 0 spiro atoms. The molecule has 0 fully saturated rings. The third-order valence-electron chi connectivity index (χ3n) is 3.22. The summed E-state index contributed by atoms with van der Waals surface area (Å²) in [4.78, 5) is 4.61. The van der Waals surface area contributed by atoms with Crippen LogP contribution in [0.15, 0.2) is 22.8 Å². The van der Waals surface area contributed by atoms with Gasteiger partial charge in [0.2, 0.25) is 0 Å². The molecule has 0 unspecified atom stereocenters. The molecule has 0 saturated carbocycles. The maximum absolute atomic E-state index is 6.00. The standard InChI is InChI=1S/C13H15ClN4O/c1-3-10-12-13(17(2)16-10)18(11(7-14)15-12)8-9-5-4-6-19-9/h4-6H,3,7-8H2,1-2H3. The molecule has 0 aliphatic heterocycles. The van der Waals surface area contributed by atoms with Gasteiger partial charge in [-0.05, 0) is 18.6 Å². The Kier molecular flexibility index (Phi) is 3.06. The highest BCUT2D eigenvalue weighted by Crippen LogP contribution is 2.22. The van der Waals surface area contributed by atoms with E-state index < -0.39 is 0 Å². The third-order valence-corrected chi connectivity index (χ3v) is 3.46. The first-order valence-electron chi connectivity index (χ1n) is 6.24. The molecule has 0 radical (unpaired) electrons. The lowest BCUT2D eigenvalue weighted by Crippen LogP contribution is -2.07. The summed E-state index contributed by atoms with van der Waals surface area (Å²) in [6.07, 6.45) is 2.53. The van der Waals surface area contributed by atoms with Crippen LogP contribution < -0.4 is 0 Å². The quantitative estimate of drug-likeness (QED) is 0.690. The topological polar surface area (TPSA) is 48.8 Å². The Hall–Kier alpha value is -1.75. The van der Waals surface area contributed by atoms with Gasteiger partial charge in [-0.25, -0.2) is 4.98 Å². The Morgan fingerprint density at radius 1 is 1.42 bits per heavy atom. The Morgan fingerprint density at radius 3 is 2.89 bits per heavy atom. The van der Waals surface area contributed by atoms with Crippen LogP contribution in [0.4, 0.5) is 0 Å². The van der Waals surface area contributed by atoms with Gasteiger partial charge >= 0.3 is 0 Å². The van der Waals surface area contributed by atoms with Crippen molar-refractivity contribution < 1.29 is 4.42 Å². The van der Waals surface area contributed by atoms with Crippen molar-refractivity contribution in [3.8, 4) is 0 Å². The van der Waals surface area contributed by atoms with Crippen LogP contribution in [-0.2, 0) is 25.9 Å². The molecule has 3 heterocycles. The molecular weight excluding hydrogens is 264 g/mol. The predicted octanol–water partition coefficient (Wildman–Crippen LogP) is 2.71. The van der Waals surface area contributed by atoms with E-state index in [1.165, 1.54) is 0 Å². The zero-order valence-electron chi connectivity index (χ0n) is 10.9. The molecule has 0 saturated heterocycles. The van der Waals surface area contributed by atoms with E-state index >= 15 is 0 Å². The van der Waals surface area contributed by atoms with Crippen LogP contribution in [0.25, 0.3) is 11.2 Å². The van der Waals surface area contributed by atoms with Crippen molar-refractivity contribution in [1.82, 2.24) is 19.3 Å². The van der Waals surface area contributed by atoms with Crippen molar-refractivity contribution >= 4 is 22.8 Å². The molecule has 0 amide bonds. The number of hydrogen-bond acceptors (Lipinski definition) is 3. The van der Waals surface area contributed by atoms with Gasteiger partial charge in [-0.2, -0.15) is 5.10 Å². The van der Waals surface area contributed by atoms with Crippen LogP contribution in [0.1, 0.15) is 24.2 Å². The Labute approximate surface area is 115 Å². The van der Waals surface area contributed by atoms with Crippen molar-refractivity contribution in [3.63, 3.8) is 0 Å². The maximum atomic E-state index is 6.00. The molecule has 5 nitrogen and oxygen atoms in total. The van der Waals surface area contributed by atoms with Crippen molar-refractivity contribution in [2.75, 3.05) is 0 Å². The van der Waals surface area contributed by atoms with Crippen LogP contribution >= 0.6 is 11.6 Å². The van der Waals surface area contributed by atoms with Crippen molar-refractivity contribution in [1.29, 1.82) is 0 Å². The van der Waals surface area contributed by atoms with E-state index in [0.717, 1.165) is 34.9 Å². The molecule has 19 heavy (non-hydrogen) atoms. The summed E-state index contributed by atoms with van der Waals surface area (Å²) in [5, 5.41) is 4.49. The number of nitrogens with zero attached hydrogens (tertiary/aromatic N) is 4. The lowest BCUT2D eigenvalue weighted by atomic mass is 10.3. The molecule has 0 bridgehead atoms. The van der Waals surface area contributed by atoms with Crippen LogP contribution in [0.2, 0.25) is 0 Å². The molecule has 3 aromatic heterocycles. The van der Waals surface area contributed by atoms with Crippen molar-refractivity contribution in [2.45, 2.75) is 25.8 Å². The second-order valence-corrected chi connectivity index (χ2v) is 4.69. The van der Waals surface area contributed by atoms with E-state index in [1.807, 2.05) is 23.9 Å². The molecule has 0 N–H and O–H groups in total. The zero-order valence-corrected chi connectivity index (χ0v) is 11.7. The van der Waals surface area contributed by atoms with E-state index in [1.54, 1.807) is 6.26 Å². The van der Waals surface area contributed by atoms with Gasteiger partial charge in [-0.15, -0.1) is 11.6 Å². The minimum Gasteiger partial charge on any atom is -0.467 e. The monoisotopic (exact) mass is 278 g/mol. The summed E-state index contributed by atoms with van der Waals surface area (Å²) in [5.74, 6) is 2.10. The molecule has 3 rings (SSSR count). The van der Waals surface area contributed by atoms with E-state index in [-0.39, 0.29) is 0 Å². The minimum absolute atomic E-state index is 0.374. The average Bonchev–Trinajstić information content (AvgIpc) is 3.09. The number of alkyl halides is 1. The first kappa shape index (κ1) is 12.3. The number of hydrogen-bond donors (Lipinski definition) is 0. The Morgan fingerprint density at radius 2 is 2.26 bits per heavy atom. The Bertz CT molecular complexity index is 696. The lowest BCUT2D eigenvalue weighted by Gasteiger charge is -2.05. The SMILES string of the molecule is CCc1nn(C)c2c1nc(CCl)n2Cc1ccco1.